The van der Waals surface area contributed by atoms with Crippen LogP contribution in [0.2, 0.25) is 0 Å². The molecule has 0 aromatic heterocycles. The van der Waals surface area contributed by atoms with E-state index in [-0.39, 0.29) is 0 Å². The van der Waals surface area contributed by atoms with Crippen molar-refractivity contribution in [1.82, 2.24) is 5.32 Å². The molecule has 18 heavy (non-hydrogen) atoms. The third-order valence-electron chi connectivity index (χ3n) is 2.75. The third-order valence-corrected chi connectivity index (χ3v) is 2.75. The van der Waals surface area contributed by atoms with Crippen LogP contribution in [0.3, 0.4) is 0 Å². The summed E-state index contributed by atoms with van der Waals surface area (Å²) in [6.07, 6.45) is 0. The Bertz CT molecular complexity index is 307. The normalized spacial score (nSPS) is 14.8. The summed E-state index contributed by atoms with van der Waals surface area (Å²) in [5, 5.41) is 3.59. The minimum absolute atomic E-state index is 0.352. The van der Waals surface area contributed by atoms with Crippen molar-refractivity contribution in [3.8, 4) is 0 Å². The molecule has 0 aliphatic rings. The fraction of sp³-hybridized carbons (Fsp3) is 0.812. The van der Waals surface area contributed by atoms with Crippen molar-refractivity contribution in [2.75, 3.05) is 0 Å². The standard InChI is InChI=1S/C16H32N2/c1-10(2)15(17-12(5)6)14(9)16(11(3)4)18-13(7)8/h10-13,17H,1-9H3/b15-14-,18-16?. The molecular weight excluding hydrogens is 220 g/mol. The van der Waals surface area contributed by atoms with Gasteiger partial charge in [0.2, 0.25) is 0 Å². The Balaban J connectivity index is 5.51. The largest absolute Gasteiger partial charge is 0.386 e. The summed E-state index contributed by atoms with van der Waals surface area (Å²) in [5.74, 6) is 0.971. The lowest BCUT2D eigenvalue weighted by Gasteiger charge is -2.23. The van der Waals surface area contributed by atoms with Gasteiger partial charge < -0.3 is 5.32 Å². The highest BCUT2D eigenvalue weighted by molar-refractivity contribution is 6.01. The molecule has 0 rings (SSSR count). The Morgan fingerprint density at radius 3 is 1.61 bits per heavy atom. The Kier molecular flexibility index (Phi) is 7.27. The summed E-state index contributed by atoms with van der Waals surface area (Å²) in [5.41, 5.74) is 3.89. The molecule has 0 radical (unpaired) electrons. The predicted octanol–water partition coefficient (Wildman–Crippen LogP) is 4.42. The first-order valence-corrected chi connectivity index (χ1v) is 7.22. The van der Waals surface area contributed by atoms with Crippen LogP contribution in [0.1, 0.15) is 62.3 Å². The molecule has 0 bridgehead atoms. The molecule has 106 valence electrons. The summed E-state index contributed by atoms with van der Waals surface area (Å²) < 4.78 is 0. The van der Waals surface area contributed by atoms with Crippen LogP contribution in [0.5, 0.6) is 0 Å². The van der Waals surface area contributed by atoms with Crippen LogP contribution in [0.4, 0.5) is 0 Å². The van der Waals surface area contributed by atoms with Crippen molar-refractivity contribution in [2.24, 2.45) is 16.8 Å². The smallest absolute Gasteiger partial charge is 0.0446 e. The summed E-state index contributed by atoms with van der Waals surface area (Å²) in [6, 6.07) is 0.814. The first kappa shape index (κ1) is 17.2. The Labute approximate surface area is 114 Å². The van der Waals surface area contributed by atoms with E-state index in [4.69, 9.17) is 4.99 Å². The van der Waals surface area contributed by atoms with Gasteiger partial charge in [0.25, 0.3) is 0 Å². The van der Waals surface area contributed by atoms with E-state index in [0.29, 0.717) is 23.9 Å². The quantitative estimate of drug-likeness (QED) is 0.695. The van der Waals surface area contributed by atoms with Gasteiger partial charge in [-0.25, -0.2) is 0 Å². The van der Waals surface area contributed by atoms with E-state index >= 15 is 0 Å². The van der Waals surface area contributed by atoms with Gasteiger partial charge in [0, 0.05) is 23.5 Å². The average molecular weight is 252 g/mol. The summed E-state index contributed by atoms with van der Waals surface area (Å²) >= 11 is 0. The molecule has 0 aromatic rings. The van der Waals surface area contributed by atoms with Gasteiger partial charge in [-0.3, -0.25) is 4.99 Å². The highest BCUT2D eigenvalue weighted by Gasteiger charge is 2.16. The molecule has 0 amide bonds. The molecule has 0 saturated heterocycles. The Morgan fingerprint density at radius 1 is 0.833 bits per heavy atom. The molecule has 0 fully saturated rings. The summed E-state index contributed by atoms with van der Waals surface area (Å²) in [6.45, 7) is 19.8. The van der Waals surface area contributed by atoms with Crippen molar-refractivity contribution < 1.29 is 0 Å². The van der Waals surface area contributed by atoms with E-state index in [1.165, 1.54) is 17.0 Å². The molecule has 0 heterocycles. The van der Waals surface area contributed by atoms with Gasteiger partial charge in [-0.1, -0.05) is 27.7 Å². The maximum atomic E-state index is 4.81. The van der Waals surface area contributed by atoms with Gasteiger partial charge in [-0.15, -0.1) is 0 Å². The molecule has 0 aromatic carbocycles. The van der Waals surface area contributed by atoms with Gasteiger partial charge in [0.05, 0.1) is 0 Å². The monoisotopic (exact) mass is 252 g/mol. The molecule has 0 unspecified atom stereocenters. The number of allylic oxidation sites excluding steroid dienone is 2. The molecule has 0 spiro atoms. The van der Waals surface area contributed by atoms with Crippen LogP contribution in [0.25, 0.3) is 0 Å². The molecule has 0 saturated carbocycles. The van der Waals surface area contributed by atoms with Crippen LogP contribution >= 0.6 is 0 Å². The lowest BCUT2D eigenvalue weighted by molar-refractivity contribution is 0.583. The van der Waals surface area contributed by atoms with E-state index in [0.717, 1.165) is 0 Å². The van der Waals surface area contributed by atoms with Gasteiger partial charge in [0.1, 0.15) is 0 Å². The molecule has 0 aliphatic carbocycles. The highest BCUT2D eigenvalue weighted by Crippen LogP contribution is 2.18. The first-order chi connectivity index (χ1) is 8.16. The second-order valence-electron chi connectivity index (χ2n) is 6.26. The summed E-state index contributed by atoms with van der Waals surface area (Å²) in [7, 11) is 0. The van der Waals surface area contributed by atoms with Gasteiger partial charge in [-0.05, 0) is 52.0 Å². The number of nitrogens with one attached hydrogen (secondary N) is 1. The van der Waals surface area contributed by atoms with Crippen molar-refractivity contribution in [1.29, 1.82) is 0 Å². The highest BCUT2D eigenvalue weighted by atomic mass is 14.9. The maximum absolute atomic E-state index is 4.81. The lowest BCUT2D eigenvalue weighted by Crippen LogP contribution is -2.28. The maximum Gasteiger partial charge on any atom is 0.0446 e. The molecule has 0 atom stereocenters. The van der Waals surface area contributed by atoms with Crippen molar-refractivity contribution in [2.45, 2.75) is 74.4 Å². The summed E-state index contributed by atoms with van der Waals surface area (Å²) in [4.78, 5) is 4.81. The molecule has 2 heteroatoms. The number of nitrogens with zero attached hydrogens (tertiary/aromatic N) is 1. The van der Waals surface area contributed by atoms with Gasteiger partial charge in [-0.2, -0.15) is 0 Å². The van der Waals surface area contributed by atoms with Crippen molar-refractivity contribution in [3.63, 3.8) is 0 Å². The predicted molar refractivity (Wildman–Crippen MR) is 83.2 cm³/mol. The molecule has 1 N–H and O–H groups in total. The molecule has 2 nitrogen and oxygen atoms in total. The zero-order valence-corrected chi connectivity index (χ0v) is 13.8. The van der Waals surface area contributed by atoms with Crippen LogP contribution in [0.15, 0.2) is 16.3 Å². The van der Waals surface area contributed by atoms with E-state index in [9.17, 15) is 0 Å². The average Bonchev–Trinajstić information content (AvgIpc) is 2.20. The molecule has 0 aliphatic heterocycles. The number of hydrogen-bond acceptors (Lipinski definition) is 2. The minimum Gasteiger partial charge on any atom is -0.386 e. The van der Waals surface area contributed by atoms with E-state index in [1.54, 1.807) is 0 Å². The topological polar surface area (TPSA) is 24.4 Å². The number of hydrogen-bond donors (Lipinski definition) is 1. The van der Waals surface area contributed by atoms with Crippen molar-refractivity contribution in [3.05, 3.63) is 11.3 Å². The van der Waals surface area contributed by atoms with Crippen molar-refractivity contribution >= 4 is 5.71 Å². The lowest BCUT2D eigenvalue weighted by atomic mass is 9.94. The van der Waals surface area contributed by atoms with E-state index < -0.39 is 0 Å². The van der Waals surface area contributed by atoms with Crippen LogP contribution in [-0.4, -0.2) is 17.8 Å². The fourth-order valence-corrected chi connectivity index (χ4v) is 2.11. The molecular formula is C16H32N2. The first-order valence-electron chi connectivity index (χ1n) is 7.22. The van der Waals surface area contributed by atoms with E-state index in [1.807, 2.05) is 0 Å². The Hall–Kier alpha value is -0.790. The zero-order valence-electron chi connectivity index (χ0n) is 13.8. The third kappa shape index (κ3) is 5.70. The van der Waals surface area contributed by atoms with Gasteiger partial charge in [0.15, 0.2) is 0 Å². The number of aliphatic imine (C=N–C) groups is 1. The number of rotatable bonds is 6. The second-order valence-corrected chi connectivity index (χ2v) is 6.26. The van der Waals surface area contributed by atoms with Crippen LogP contribution in [-0.2, 0) is 0 Å². The SMILES string of the molecule is C/C(C(=NC(C)C)C(C)C)=C(/NC(C)C)C(C)C. The van der Waals surface area contributed by atoms with Gasteiger partial charge >= 0.3 is 0 Å². The minimum atomic E-state index is 0.352. The van der Waals surface area contributed by atoms with Crippen LogP contribution in [0, 0.1) is 11.8 Å². The zero-order chi connectivity index (χ0) is 14.5. The van der Waals surface area contributed by atoms with Crippen LogP contribution < -0.4 is 5.32 Å². The second kappa shape index (κ2) is 7.60. The Morgan fingerprint density at radius 2 is 1.33 bits per heavy atom. The fourth-order valence-electron chi connectivity index (χ4n) is 2.11. The van der Waals surface area contributed by atoms with E-state index in [2.05, 4.69) is 67.6 Å².